The smallest absolute Gasteiger partial charge is 0.162 e. The molecular weight excluding hydrogens is 518 g/mol. The summed E-state index contributed by atoms with van der Waals surface area (Å²) in [6.45, 7) is 7.60. The number of benzene rings is 2. The predicted octanol–water partition coefficient (Wildman–Crippen LogP) is 5.72. The maximum absolute atomic E-state index is 13.5. The molecule has 2 aromatic rings. The van der Waals surface area contributed by atoms with Crippen molar-refractivity contribution in [2.24, 2.45) is 11.1 Å². The van der Waals surface area contributed by atoms with Crippen molar-refractivity contribution < 1.29 is 14.3 Å². The second-order valence-electron chi connectivity index (χ2n) is 10.3. The molecule has 0 saturated heterocycles. The number of carbonyl (C=O) groups is 1. The zero-order chi connectivity index (χ0) is 26.0. The van der Waals surface area contributed by atoms with Crippen molar-refractivity contribution in [3.05, 3.63) is 86.3 Å². The average Bonchev–Trinajstić information content (AvgIpc) is 2.82. The molecular formula is C29H32BrN3O3. The molecule has 188 valence electrons. The van der Waals surface area contributed by atoms with Crippen LogP contribution in [0.2, 0.25) is 0 Å². The highest BCUT2D eigenvalue weighted by atomic mass is 79.9. The van der Waals surface area contributed by atoms with Gasteiger partial charge in [-0.15, -0.1) is 0 Å². The summed E-state index contributed by atoms with van der Waals surface area (Å²) in [6.07, 6.45) is 1.13. The van der Waals surface area contributed by atoms with Crippen LogP contribution in [-0.2, 0) is 16.1 Å². The monoisotopic (exact) mass is 549 g/mol. The first-order chi connectivity index (χ1) is 17.1. The van der Waals surface area contributed by atoms with Gasteiger partial charge in [-0.05, 0) is 57.9 Å². The van der Waals surface area contributed by atoms with Gasteiger partial charge >= 0.3 is 0 Å². The molecule has 2 N–H and O–H groups in total. The molecule has 7 heteroatoms. The highest BCUT2D eigenvalue weighted by Crippen LogP contribution is 2.49. The van der Waals surface area contributed by atoms with Crippen LogP contribution in [0.15, 0.2) is 69.6 Å². The fourth-order valence-corrected chi connectivity index (χ4v) is 5.52. The standard InChI is InChI=1S/C29H32BrN3O3/c1-18-5-7-19(8-6-18)17-36-25-10-9-20(13-22(25)30)26-21(16-31)28(32)33(11-12-35-4)23-14-29(2,3)15-24(34)27(23)26/h5-10,13,26H,11-12,14-15,17,32H2,1-4H3/t26-/m1/s1. The van der Waals surface area contributed by atoms with Crippen LogP contribution in [-0.4, -0.2) is 30.9 Å². The lowest BCUT2D eigenvalue weighted by Crippen LogP contribution is -2.43. The van der Waals surface area contributed by atoms with E-state index in [-0.39, 0.29) is 11.2 Å². The number of rotatable bonds is 7. The zero-order valence-electron chi connectivity index (χ0n) is 21.2. The number of nitrogens with zero attached hydrogens (tertiary/aromatic N) is 2. The number of aryl methyl sites for hydroxylation is 1. The van der Waals surface area contributed by atoms with Crippen LogP contribution >= 0.6 is 15.9 Å². The van der Waals surface area contributed by atoms with E-state index in [0.29, 0.717) is 55.3 Å². The largest absolute Gasteiger partial charge is 0.488 e. The Kier molecular flexibility index (Phi) is 7.58. The lowest BCUT2D eigenvalue weighted by Gasteiger charge is -2.43. The highest BCUT2D eigenvalue weighted by Gasteiger charge is 2.44. The lowest BCUT2D eigenvalue weighted by molar-refractivity contribution is -0.118. The van der Waals surface area contributed by atoms with E-state index in [1.807, 2.05) is 35.2 Å². The summed E-state index contributed by atoms with van der Waals surface area (Å²) in [5.41, 5.74) is 11.4. The lowest BCUT2D eigenvalue weighted by atomic mass is 9.68. The van der Waals surface area contributed by atoms with Crippen LogP contribution in [0.3, 0.4) is 0 Å². The number of Topliss-reactive ketones (excluding diaryl/α,β-unsaturated/α-hetero) is 1. The average molecular weight is 550 g/mol. The fraction of sp³-hybridized carbons (Fsp3) is 0.379. The minimum Gasteiger partial charge on any atom is -0.488 e. The Labute approximate surface area is 221 Å². The summed E-state index contributed by atoms with van der Waals surface area (Å²) in [6, 6.07) is 16.3. The number of hydrogen-bond donors (Lipinski definition) is 1. The van der Waals surface area contributed by atoms with Crippen LogP contribution in [0.1, 0.15) is 49.3 Å². The summed E-state index contributed by atoms with van der Waals surface area (Å²) in [7, 11) is 1.63. The molecule has 0 unspecified atom stereocenters. The van der Waals surface area contributed by atoms with Gasteiger partial charge in [-0.1, -0.05) is 49.7 Å². The van der Waals surface area contributed by atoms with Crippen molar-refractivity contribution in [3.63, 3.8) is 0 Å². The number of ketones is 1. The summed E-state index contributed by atoms with van der Waals surface area (Å²) in [5.74, 6) is 0.622. The van der Waals surface area contributed by atoms with Gasteiger partial charge in [0.05, 0.1) is 28.6 Å². The second-order valence-corrected chi connectivity index (χ2v) is 11.1. The van der Waals surface area contributed by atoms with Gasteiger partial charge in [-0.3, -0.25) is 4.79 Å². The van der Waals surface area contributed by atoms with Crippen molar-refractivity contribution in [1.29, 1.82) is 5.26 Å². The van der Waals surface area contributed by atoms with Crippen molar-refractivity contribution in [2.75, 3.05) is 20.3 Å². The van der Waals surface area contributed by atoms with Crippen LogP contribution < -0.4 is 10.5 Å². The molecule has 1 atom stereocenters. The Bertz CT molecular complexity index is 1270. The Morgan fingerprint density at radius 2 is 1.92 bits per heavy atom. The van der Waals surface area contributed by atoms with Crippen LogP contribution in [0, 0.1) is 23.7 Å². The topological polar surface area (TPSA) is 88.6 Å². The van der Waals surface area contributed by atoms with Crippen LogP contribution in [0.4, 0.5) is 0 Å². The summed E-state index contributed by atoms with van der Waals surface area (Å²) in [5, 5.41) is 10.2. The third-order valence-corrected chi connectivity index (χ3v) is 7.43. The molecule has 0 amide bonds. The number of methoxy groups -OCH3 is 1. The van der Waals surface area contributed by atoms with Crippen LogP contribution in [0.5, 0.6) is 5.75 Å². The maximum atomic E-state index is 13.5. The van der Waals surface area contributed by atoms with Gasteiger partial charge in [0.1, 0.15) is 18.2 Å². The van der Waals surface area contributed by atoms with E-state index < -0.39 is 5.92 Å². The first-order valence-electron chi connectivity index (χ1n) is 12.1. The summed E-state index contributed by atoms with van der Waals surface area (Å²) in [4.78, 5) is 15.4. The van der Waals surface area contributed by atoms with E-state index in [0.717, 1.165) is 21.3 Å². The van der Waals surface area contributed by atoms with Crippen molar-refractivity contribution in [3.8, 4) is 11.8 Å². The molecule has 0 bridgehead atoms. The molecule has 0 aromatic heterocycles. The third-order valence-electron chi connectivity index (χ3n) is 6.81. The molecule has 2 aliphatic rings. The van der Waals surface area contributed by atoms with Gasteiger partial charge in [0.2, 0.25) is 0 Å². The Hall–Kier alpha value is -3.08. The van der Waals surface area contributed by atoms with Gasteiger partial charge in [0.25, 0.3) is 0 Å². The number of carbonyl (C=O) groups excluding carboxylic acids is 1. The van der Waals surface area contributed by atoms with E-state index in [1.54, 1.807) is 7.11 Å². The number of nitrogens with two attached hydrogens (primary N) is 1. The molecule has 1 aliphatic carbocycles. The summed E-state index contributed by atoms with van der Waals surface area (Å²) < 4.78 is 12.1. The van der Waals surface area contributed by atoms with Gasteiger partial charge < -0.3 is 20.1 Å². The van der Waals surface area contributed by atoms with Crippen molar-refractivity contribution in [1.82, 2.24) is 4.90 Å². The first kappa shape index (κ1) is 26.0. The first-order valence-corrected chi connectivity index (χ1v) is 12.8. The highest BCUT2D eigenvalue weighted by molar-refractivity contribution is 9.10. The third kappa shape index (κ3) is 5.21. The molecule has 4 rings (SSSR count). The normalized spacial score (nSPS) is 19.3. The Morgan fingerprint density at radius 3 is 2.56 bits per heavy atom. The van der Waals surface area contributed by atoms with E-state index in [1.165, 1.54) is 5.56 Å². The van der Waals surface area contributed by atoms with E-state index in [9.17, 15) is 10.1 Å². The molecule has 0 radical (unpaired) electrons. The predicted molar refractivity (Wildman–Crippen MR) is 143 cm³/mol. The number of allylic oxidation sites excluding steroid dienone is 3. The van der Waals surface area contributed by atoms with Crippen LogP contribution in [0.25, 0.3) is 0 Å². The zero-order valence-corrected chi connectivity index (χ0v) is 22.8. The Balaban J connectivity index is 1.71. The minimum atomic E-state index is -0.519. The fourth-order valence-electron chi connectivity index (χ4n) is 5.01. The molecule has 0 spiro atoms. The molecule has 0 fully saturated rings. The van der Waals surface area contributed by atoms with E-state index in [2.05, 4.69) is 54.9 Å². The van der Waals surface area contributed by atoms with Crippen molar-refractivity contribution >= 4 is 21.7 Å². The molecule has 2 aromatic carbocycles. The van der Waals surface area contributed by atoms with Crippen molar-refractivity contribution in [2.45, 2.75) is 46.1 Å². The molecule has 0 saturated carbocycles. The summed E-state index contributed by atoms with van der Waals surface area (Å²) >= 11 is 3.64. The maximum Gasteiger partial charge on any atom is 0.162 e. The van der Waals surface area contributed by atoms with E-state index >= 15 is 0 Å². The number of nitriles is 1. The Morgan fingerprint density at radius 1 is 1.19 bits per heavy atom. The van der Waals surface area contributed by atoms with Gasteiger partial charge in [0.15, 0.2) is 5.78 Å². The quantitative estimate of drug-likeness (QED) is 0.475. The van der Waals surface area contributed by atoms with E-state index in [4.69, 9.17) is 15.2 Å². The number of ether oxygens (including phenoxy) is 2. The van der Waals surface area contributed by atoms with Gasteiger partial charge in [0, 0.05) is 31.3 Å². The number of halogens is 1. The molecule has 6 nitrogen and oxygen atoms in total. The number of hydrogen-bond acceptors (Lipinski definition) is 6. The van der Waals surface area contributed by atoms with Gasteiger partial charge in [-0.2, -0.15) is 5.26 Å². The molecule has 1 aliphatic heterocycles. The second kappa shape index (κ2) is 10.5. The molecule has 1 heterocycles. The SMILES string of the molecule is COCCN1C(N)=C(C#N)[C@@H](c2ccc(OCc3ccc(C)cc3)c(Br)c2)C2=C1CC(C)(C)CC2=O. The van der Waals surface area contributed by atoms with Gasteiger partial charge in [-0.25, -0.2) is 0 Å². The minimum absolute atomic E-state index is 0.0599. The molecule has 36 heavy (non-hydrogen) atoms.